The number of thioether (sulfide) groups is 2. The highest BCUT2D eigenvalue weighted by Gasteiger charge is 2.23. The molecule has 3 rings (SSSR count). The fourth-order valence-corrected chi connectivity index (χ4v) is 4.71. The van der Waals surface area contributed by atoms with Crippen LogP contribution in [0.3, 0.4) is 0 Å². The SMILES string of the molecule is CCOC(=O)Cn1nc(-c2ccc(F)cc2)c2c(c1=O)SCCS2. The van der Waals surface area contributed by atoms with E-state index in [1.165, 1.54) is 23.9 Å². The third kappa shape index (κ3) is 3.49. The fourth-order valence-electron chi connectivity index (χ4n) is 2.31. The zero-order valence-corrected chi connectivity index (χ0v) is 14.6. The summed E-state index contributed by atoms with van der Waals surface area (Å²) in [6.45, 7) is 1.71. The number of ether oxygens (including phenoxy) is 1. The zero-order valence-electron chi connectivity index (χ0n) is 13.0. The summed E-state index contributed by atoms with van der Waals surface area (Å²) in [7, 11) is 0. The second-order valence-corrected chi connectivity index (χ2v) is 7.19. The first-order valence-corrected chi connectivity index (χ1v) is 9.39. The minimum absolute atomic E-state index is 0.237. The second kappa shape index (κ2) is 7.40. The molecule has 0 amide bonds. The first kappa shape index (κ1) is 17.0. The van der Waals surface area contributed by atoms with Crippen molar-refractivity contribution in [1.29, 1.82) is 0 Å². The van der Waals surface area contributed by atoms with Gasteiger partial charge in [-0.1, -0.05) is 0 Å². The first-order chi connectivity index (χ1) is 11.6. The number of carbonyl (C=O) groups excluding carboxylic acids is 1. The number of rotatable bonds is 4. The average Bonchev–Trinajstić information content (AvgIpc) is 2.59. The highest BCUT2D eigenvalue weighted by atomic mass is 32.2. The molecular formula is C16H15FN2O3S2. The van der Waals surface area contributed by atoms with Crippen LogP contribution in [0.25, 0.3) is 11.3 Å². The molecule has 126 valence electrons. The summed E-state index contributed by atoms with van der Waals surface area (Å²) in [6, 6.07) is 5.95. The van der Waals surface area contributed by atoms with Crippen LogP contribution in [0.4, 0.5) is 4.39 Å². The molecule has 0 saturated heterocycles. The van der Waals surface area contributed by atoms with Crippen molar-refractivity contribution >= 4 is 29.5 Å². The van der Waals surface area contributed by atoms with E-state index in [1.807, 2.05) is 0 Å². The van der Waals surface area contributed by atoms with E-state index in [2.05, 4.69) is 5.10 Å². The van der Waals surface area contributed by atoms with Crippen molar-refractivity contribution in [2.75, 3.05) is 18.1 Å². The van der Waals surface area contributed by atoms with E-state index in [4.69, 9.17) is 4.74 Å². The van der Waals surface area contributed by atoms with Crippen LogP contribution in [0.1, 0.15) is 6.92 Å². The van der Waals surface area contributed by atoms with Gasteiger partial charge in [-0.05, 0) is 31.2 Å². The molecule has 24 heavy (non-hydrogen) atoms. The first-order valence-electron chi connectivity index (χ1n) is 7.42. The molecule has 1 aliphatic heterocycles. The Hall–Kier alpha value is -1.80. The van der Waals surface area contributed by atoms with Gasteiger partial charge in [-0.3, -0.25) is 9.59 Å². The number of hydrogen-bond acceptors (Lipinski definition) is 6. The molecular weight excluding hydrogens is 351 g/mol. The predicted molar refractivity (Wildman–Crippen MR) is 92.0 cm³/mol. The molecule has 1 aromatic carbocycles. The Bertz CT molecular complexity index is 821. The van der Waals surface area contributed by atoms with Crippen LogP contribution in [-0.2, 0) is 16.1 Å². The number of benzene rings is 1. The molecule has 0 fully saturated rings. The summed E-state index contributed by atoms with van der Waals surface area (Å²) in [5.74, 6) is 0.841. The van der Waals surface area contributed by atoms with Gasteiger partial charge in [0, 0.05) is 17.1 Å². The van der Waals surface area contributed by atoms with Gasteiger partial charge < -0.3 is 4.74 Å². The number of halogens is 1. The van der Waals surface area contributed by atoms with Crippen molar-refractivity contribution < 1.29 is 13.9 Å². The van der Waals surface area contributed by atoms with Crippen molar-refractivity contribution in [3.8, 4) is 11.3 Å². The molecule has 0 N–H and O–H groups in total. The van der Waals surface area contributed by atoms with E-state index in [9.17, 15) is 14.0 Å². The number of carbonyl (C=O) groups is 1. The van der Waals surface area contributed by atoms with Gasteiger partial charge in [-0.2, -0.15) is 5.10 Å². The summed E-state index contributed by atoms with van der Waals surface area (Å²) in [6.07, 6.45) is 0. The summed E-state index contributed by atoms with van der Waals surface area (Å²) in [4.78, 5) is 25.7. The number of fused-ring (bicyclic) bond motifs is 1. The molecule has 0 aliphatic carbocycles. The molecule has 0 atom stereocenters. The van der Waals surface area contributed by atoms with Gasteiger partial charge in [0.25, 0.3) is 5.56 Å². The highest BCUT2D eigenvalue weighted by molar-refractivity contribution is 8.05. The normalized spacial score (nSPS) is 13.4. The topological polar surface area (TPSA) is 61.2 Å². The van der Waals surface area contributed by atoms with Crippen LogP contribution >= 0.6 is 23.5 Å². The van der Waals surface area contributed by atoms with Crippen molar-refractivity contribution in [2.24, 2.45) is 0 Å². The Kier molecular flexibility index (Phi) is 5.25. The van der Waals surface area contributed by atoms with Crippen molar-refractivity contribution in [3.05, 3.63) is 40.4 Å². The number of nitrogens with zero attached hydrogens (tertiary/aromatic N) is 2. The van der Waals surface area contributed by atoms with Crippen LogP contribution in [0.15, 0.2) is 38.9 Å². The van der Waals surface area contributed by atoms with Gasteiger partial charge in [0.05, 0.1) is 16.4 Å². The molecule has 1 aromatic heterocycles. The molecule has 0 radical (unpaired) electrons. The van der Waals surface area contributed by atoms with Gasteiger partial charge in [0.15, 0.2) is 0 Å². The van der Waals surface area contributed by atoms with Gasteiger partial charge in [-0.15, -0.1) is 23.5 Å². The Morgan fingerprint density at radius 3 is 2.58 bits per heavy atom. The van der Waals surface area contributed by atoms with E-state index < -0.39 is 5.97 Å². The van der Waals surface area contributed by atoms with E-state index in [-0.39, 0.29) is 24.5 Å². The maximum atomic E-state index is 13.2. The highest BCUT2D eigenvalue weighted by Crippen LogP contribution is 2.39. The molecule has 2 heterocycles. The van der Waals surface area contributed by atoms with Crippen molar-refractivity contribution in [3.63, 3.8) is 0 Å². The lowest BCUT2D eigenvalue weighted by Gasteiger charge is -2.19. The monoisotopic (exact) mass is 366 g/mol. The lowest BCUT2D eigenvalue weighted by Crippen LogP contribution is -2.30. The molecule has 0 saturated carbocycles. The van der Waals surface area contributed by atoms with E-state index >= 15 is 0 Å². The fraction of sp³-hybridized carbons (Fsp3) is 0.312. The second-order valence-electron chi connectivity index (χ2n) is 4.98. The Labute approximate surface area is 146 Å². The zero-order chi connectivity index (χ0) is 17.1. The summed E-state index contributed by atoms with van der Waals surface area (Å²) >= 11 is 3.02. The van der Waals surface area contributed by atoms with Crippen LogP contribution in [-0.4, -0.2) is 33.9 Å². The molecule has 8 heteroatoms. The van der Waals surface area contributed by atoms with Crippen molar-refractivity contribution in [2.45, 2.75) is 23.3 Å². The predicted octanol–water partition coefficient (Wildman–Crippen LogP) is 2.81. The van der Waals surface area contributed by atoms with Crippen LogP contribution in [0, 0.1) is 5.82 Å². The third-order valence-electron chi connectivity index (χ3n) is 3.35. The molecule has 0 unspecified atom stereocenters. The average molecular weight is 366 g/mol. The van der Waals surface area contributed by atoms with E-state index in [0.717, 1.165) is 21.1 Å². The number of esters is 1. The van der Waals surface area contributed by atoms with Gasteiger partial charge in [-0.25, -0.2) is 9.07 Å². The van der Waals surface area contributed by atoms with Gasteiger partial charge in [0.1, 0.15) is 18.1 Å². The smallest absolute Gasteiger partial charge is 0.327 e. The Balaban J connectivity index is 2.11. The lowest BCUT2D eigenvalue weighted by atomic mass is 10.1. The van der Waals surface area contributed by atoms with Gasteiger partial charge in [0.2, 0.25) is 0 Å². The van der Waals surface area contributed by atoms with Crippen molar-refractivity contribution in [1.82, 2.24) is 9.78 Å². The van der Waals surface area contributed by atoms with Gasteiger partial charge >= 0.3 is 5.97 Å². The minimum atomic E-state index is -0.509. The van der Waals surface area contributed by atoms with E-state index in [0.29, 0.717) is 16.2 Å². The number of hydrogen-bond donors (Lipinski definition) is 0. The molecule has 1 aliphatic rings. The van der Waals surface area contributed by atoms with Crippen LogP contribution in [0.2, 0.25) is 0 Å². The molecule has 5 nitrogen and oxygen atoms in total. The maximum Gasteiger partial charge on any atom is 0.327 e. The van der Waals surface area contributed by atoms with Crippen LogP contribution in [0.5, 0.6) is 0 Å². The van der Waals surface area contributed by atoms with E-state index in [1.54, 1.807) is 30.8 Å². The summed E-state index contributed by atoms with van der Waals surface area (Å²) in [5, 5.41) is 4.35. The molecule has 0 spiro atoms. The summed E-state index contributed by atoms with van der Waals surface area (Å²) in [5.41, 5.74) is 1.01. The quantitative estimate of drug-likeness (QED) is 0.776. The molecule has 2 aromatic rings. The minimum Gasteiger partial charge on any atom is -0.465 e. The number of aromatic nitrogens is 2. The Morgan fingerprint density at radius 2 is 1.92 bits per heavy atom. The largest absolute Gasteiger partial charge is 0.465 e. The maximum absolute atomic E-state index is 13.2. The van der Waals surface area contributed by atoms with Crippen LogP contribution < -0.4 is 5.56 Å². The Morgan fingerprint density at radius 1 is 1.25 bits per heavy atom. The molecule has 0 bridgehead atoms. The lowest BCUT2D eigenvalue weighted by molar-refractivity contribution is -0.144. The standard InChI is InChI=1S/C16H15FN2O3S2/c1-2-22-12(20)9-19-16(21)15-14(23-7-8-24-15)13(18-19)10-3-5-11(17)6-4-10/h3-6H,2,7-9H2,1H3. The summed E-state index contributed by atoms with van der Waals surface area (Å²) < 4.78 is 19.2. The third-order valence-corrected chi connectivity index (χ3v) is 5.91.